The summed E-state index contributed by atoms with van der Waals surface area (Å²) in [7, 11) is 0. The van der Waals surface area contributed by atoms with Crippen LogP contribution in [0.25, 0.3) is 11.3 Å². The van der Waals surface area contributed by atoms with E-state index < -0.39 is 11.4 Å². The van der Waals surface area contributed by atoms with Crippen molar-refractivity contribution in [2.45, 2.75) is 0 Å². The summed E-state index contributed by atoms with van der Waals surface area (Å²) >= 11 is 11.5. The zero-order valence-corrected chi connectivity index (χ0v) is 9.31. The van der Waals surface area contributed by atoms with Crippen molar-refractivity contribution >= 4 is 23.2 Å². The molecule has 2 aromatic rings. The third-order valence-corrected chi connectivity index (χ3v) is 2.37. The number of nitrogens with one attached hydrogen (secondary N) is 1. The molecule has 0 fully saturated rings. The molecule has 0 amide bonds. The van der Waals surface area contributed by atoms with Gasteiger partial charge in [-0.25, -0.2) is 4.98 Å². The molecule has 1 aromatic carbocycles. The van der Waals surface area contributed by atoms with Gasteiger partial charge in [0.1, 0.15) is 5.69 Å². The highest BCUT2D eigenvalue weighted by Crippen LogP contribution is 2.26. The number of H-pyrrole nitrogens is 1. The normalized spacial score (nSPS) is 10.4. The Labute approximate surface area is 99.9 Å². The lowest BCUT2D eigenvalue weighted by Crippen LogP contribution is -2.12. The maximum Gasteiger partial charge on any atom is 0.287 e. The summed E-state index contributed by atoms with van der Waals surface area (Å²) in [6, 6.07) is 4.48. The fourth-order valence-electron chi connectivity index (χ4n) is 1.27. The van der Waals surface area contributed by atoms with E-state index in [1.54, 1.807) is 0 Å². The van der Waals surface area contributed by atoms with Crippen LogP contribution in [0.5, 0.6) is 0 Å². The second-order valence-corrected chi connectivity index (χ2v) is 3.93. The van der Waals surface area contributed by atoms with Crippen molar-refractivity contribution in [1.29, 1.82) is 0 Å². The van der Waals surface area contributed by atoms with Gasteiger partial charge in [-0.1, -0.05) is 23.2 Å². The van der Waals surface area contributed by atoms with Gasteiger partial charge < -0.3 is 4.98 Å². The minimum atomic E-state index is -0.958. The van der Waals surface area contributed by atoms with Gasteiger partial charge in [-0.2, -0.15) is 4.39 Å². The molecule has 82 valence electrons. The zero-order chi connectivity index (χ0) is 11.7. The first-order valence-electron chi connectivity index (χ1n) is 4.27. The fourth-order valence-corrected chi connectivity index (χ4v) is 1.80. The van der Waals surface area contributed by atoms with Crippen molar-refractivity contribution in [3.8, 4) is 11.3 Å². The molecule has 0 aliphatic carbocycles. The van der Waals surface area contributed by atoms with E-state index in [9.17, 15) is 9.18 Å². The highest BCUT2D eigenvalue weighted by molar-refractivity contribution is 6.35. The summed E-state index contributed by atoms with van der Waals surface area (Å²) in [5.74, 6) is -0.958. The van der Waals surface area contributed by atoms with Crippen LogP contribution in [-0.4, -0.2) is 9.97 Å². The topological polar surface area (TPSA) is 45.8 Å². The van der Waals surface area contributed by atoms with Crippen LogP contribution in [0, 0.1) is 5.82 Å². The van der Waals surface area contributed by atoms with E-state index in [2.05, 4.69) is 9.97 Å². The van der Waals surface area contributed by atoms with Gasteiger partial charge in [0.25, 0.3) is 5.56 Å². The molecular weight excluding hydrogens is 254 g/mol. The van der Waals surface area contributed by atoms with Gasteiger partial charge in [-0.15, -0.1) is 0 Å². The van der Waals surface area contributed by atoms with Crippen molar-refractivity contribution in [2.24, 2.45) is 0 Å². The highest BCUT2D eigenvalue weighted by atomic mass is 35.5. The SMILES string of the molecule is O=c1[nH]cnc(-c2cc(Cl)cc(Cl)c2)c1F. The van der Waals surface area contributed by atoms with Crippen LogP contribution in [0.15, 0.2) is 29.3 Å². The summed E-state index contributed by atoms with van der Waals surface area (Å²) in [6.07, 6.45) is 1.12. The van der Waals surface area contributed by atoms with Crippen molar-refractivity contribution in [1.82, 2.24) is 9.97 Å². The van der Waals surface area contributed by atoms with Gasteiger partial charge in [0, 0.05) is 15.6 Å². The standard InChI is InChI=1S/C10H5Cl2FN2O/c11-6-1-5(2-7(12)3-6)9-8(13)10(16)15-4-14-9/h1-4H,(H,14,15,16). The van der Waals surface area contributed by atoms with E-state index in [4.69, 9.17) is 23.2 Å². The van der Waals surface area contributed by atoms with Gasteiger partial charge in [0.2, 0.25) is 5.82 Å². The molecule has 1 heterocycles. The Morgan fingerprint density at radius 2 is 1.81 bits per heavy atom. The molecule has 0 bridgehead atoms. The zero-order valence-electron chi connectivity index (χ0n) is 7.80. The number of aromatic amines is 1. The number of hydrogen-bond donors (Lipinski definition) is 1. The Kier molecular flexibility index (Phi) is 2.94. The van der Waals surface area contributed by atoms with E-state index in [1.807, 2.05) is 0 Å². The van der Waals surface area contributed by atoms with Crippen molar-refractivity contribution in [3.05, 3.63) is 50.7 Å². The number of aromatic nitrogens is 2. The third kappa shape index (κ3) is 2.08. The molecule has 3 nitrogen and oxygen atoms in total. The summed E-state index contributed by atoms with van der Waals surface area (Å²) in [4.78, 5) is 16.9. The molecule has 16 heavy (non-hydrogen) atoms. The van der Waals surface area contributed by atoms with E-state index >= 15 is 0 Å². The fraction of sp³-hybridized carbons (Fsp3) is 0. The van der Waals surface area contributed by atoms with Crippen molar-refractivity contribution in [3.63, 3.8) is 0 Å². The van der Waals surface area contributed by atoms with Crippen LogP contribution < -0.4 is 5.56 Å². The summed E-state index contributed by atoms with van der Waals surface area (Å²) in [5.41, 5.74) is -0.546. The molecule has 0 unspecified atom stereocenters. The molecule has 0 aliphatic rings. The van der Waals surface area contributed by atoms with Crippen molar-refractivity contribution in [2.75, 3.05) is 0 Å². The Morgan fingerprint density at radius 3 is 2.44 bits per heavy atom. The lowest BCUT2D eigenvalue weighted by Gasteiger charge is -2.02. The van der Waals surface area contributed by atoms with Gasteiger partial charge >= 0.3 is 0 Å². The number of rotatable bonds is 1. The minimum Gasteiger partial charge on any atom is -0.311 e. The minimum absolute atomic E-state index is 0.0758. The monoisotopic (exact) mass is 258 g/mol. The molecular formula is C10H5Cl2FN2O. The molecule has 0 saturated carbocycles. The quantitative estimate of drug-likeness (QED) is 0.855. The number of hydrogen-bond acceptors (Lipinski definition) is 2. The first-order valence-corrected chi connectivity index (χ1v) is 5.03. The summed E-state index contributed by atoms with van der Waals surface area (Å²) in [5, 5.41) is 0.702. The van der Waals surface area contributed by atoms with Crippen LogP contribution in [0.2, 0.25) is 10.0 Å². The molecule has 0 saturated heterocycles. The molecule has 6 heteroatoms. The predicted molar refractivity (Wildman–Crippen MR) is 60.3 cm³/mol. The molecule has 0 atom stereocenters. The van der Waals surface area contributed by atoms with Crippen LogP contribution >= 0.6 is 23.2 Å². The highest BCUT2D eigenvalue weighted by Gasteiger charge is 2.11. The molecule has 0 spiro atoms. The van der Waals surface area contributed by atoms with E-state index in [0.29, 0.717) is 15.6 Å². The van der Waals surface area contributed by atoms with Gasteiger partial charge in [0.15, 0.2) is 0 Å². The Bertz CT molecular complexity index is 577. The number of nitrogens with zero attached hydrogens (tertiary/aromatic N) is 1. The van der Waals surface area contributed by atoms with E-state index in [-0.39, 0.29) is 5.69 Å². The average molecular weight is 259 g/mol. The number of benzene rings is 1. The average Bonchev–Trinajstić information content (AvgIpc) is 2.20. The predicted octanol–water partition coefficient (Wildman–Crippen LogP) is 2.88. The Balaban J connectivity index is 2.67. The second-order valence-electron chi connectivity index (χ2n) is 3.05. The third-order valence-electron chi connectivity index (χ3n) is 1.93. The van der Waals surface area contributed by atoms with Gasteiger partial charge in [0.05, 0.1) is 6.33 Å². The second kappa shape index (κ2) is 4.23. The first kappa shape index (κ1) is 11.1. The smallest absolute Gasteiger partial charge is 0.287 e. The van der Waals surface area contributed by atoms with Crippen LogP contribution in [0.1, 0.15) is 0 Å². The van der Waals surface area contributed by atoms with Gasteiger partial charge in [-0.3, -0.25) is 4.79 Å². The summed E-state index contributed by atoms with van der Waals surface area (Å²) < 4.78 is 13.5. The van der Waals surface area contributed by atoms with E-state index in [1.165, 1.54) is 18.2 Å². The first-order chi connectivity index (χ1) is 7.58. The molecule has 2 rings (SSSR count). The summed E-state index contributed by atoms with van der Waals surface area (Å²) in [6.45, 7) is 0. The van der Waals surface area contributed by atoms with Crippen LogP contribution in [-0.2, 0) is 0 Å². The van der Waals surface area contributed by atoms with E-state index in [0.717, 1.165) is 6.33 Å². The maximum atomic E-state index is 13.5. The largest absolute Gasteiger partial charge is 0.311 e. The lowest BCUT2D eigenvalue weighted by atomic mass is 10.1. The molecule has 1 N–H and O–H groups in total. The lowest BCUT2D eigenvalue weighted by molar-refractivity contribution is 0.605. The van der Waals surface area contributed by atoms with Crippen molar-refractivity contribution < 1.29 is 4.39 Å². The molecule has 0 aliphatic heterocycles. The molecule has 0 radical (unpaired) electrons. The van der Waals surface area contributed by atoms with Gasteiger partial charge in [-0.05, 0) is 18.2 Å². The van der Waals surface area contributed by atoms with Crippen LogP contribution in [0.4, 0.5) is 4.39 Å². The van der Waals surface area contributed by atoms with Crippen LogP contribution in [0.3, 0.4) is 0 Å². The maximum absolute atomic E-state index is 13.5. The Morgan fingerprint density at radius 1 is 1.19 bits per heavy atom. The molecule has 1 aromatic heterocycles. The number of halogens is 3. The Hall–Kier alpha value is -1.39.